The highest BCUT2D eigenvalue weighted by atomic mass is 19.1. The second-order valence-corrected chi connectivity index (χ2v) is 10.5. The largest absolute Gasteiger partial charge is 0.394 e. The quantitative estimate of drug-likeness (QED) is 0.198. The van der Waals surface area contributed by atoms with Gasteiger partial charge in [0.05, 0.1) is 51.6 Å². The van der Waals surface area contributed by atoms with Crippen LogP contribution in [0.15, 0.2) is 37.4 Å². The van der Waals surface area contributed by atoms with Gasteiger partial charge in [-0.05, 0) is 37.8 Å². The average Bonchev–Trinajstić information content (AvgIpc) is 3.63. The van der Waals surface area contributed by atoms with Gasteiger partial charge in [0, 0.05) is 30.6 Å². The van der Waals surface area contributed by atoms with Gasteiger partial charge in [-0.3, -0.25) is 24.1 Å². The number of hydrogen-bond acceptors (Lipinski definition) is 8. The Hall–Kier alpha value is -4.23. The zero-order valence-electron chi connectivity index (χ0n) is 21.7. The van der Waals surface area contributed by atoms with Crippen molar-refractivity contribution in [1.82, 2.24) is 19.5 Å². The number of hydrogen-bond donors (Lipinski definition) is 6. The summed E-state index contributed by atoms with van der Waals surface area (Å²) in [6.45, 7) is 2.07. The molecule has 0 spiro atoms. The third-order valence-corrected chi connectivity index (χ3v) is 7.96. The Balaban J connectivity index is 1.66. The van der Waals surface area contributed by atoms with E-state index in [1.165, 1.54) is 16.7 Å². The topological polar surface area (TPSA) is 176 Å². The van der Waals surface area contributed by atoms with Crippen LogP contribution in [0, 0.1) is 11.7 Å². The fourth-order valence-electron chi connectivity index (χ4n) is 5.93. The molecule has 2 aromatic heterocycles. The molecule has 0 bridgehead atoms. The van der Waals surface area contributed by atoms with Gasteiger partial charge in [0.25, 0.3) is 11.1 Å². The molecule has 1 saturated carbocycles. The maximum Gasteiger partial charge on any atom is 0.329 e. The second kappa shape index (κ2) is 9.75. The summed E-state index contributed by atoms with van der Waals surface area (Å²) in [5, 5.41) is 22.7. The molecule has 1 aliphatic carbocycles. The maximum absolute atomic E-state index is 16.8. The monoisotopic (exact) mass is 552 g/mol. The van der Waals surface area contributed by atoms with Crippen LogP contribution >= 0.6 is 0 Å². The summed E-state index contributed by atoms with van der Waals surface area (Å²) >= 11 is 0. The van der Waals surface area contributed by atoms with Gasteiger partial charge in [-0.1, -0.05) is 13.0 Å². The molecule has 210 valence electrons. The Bertz CT molecular complexity index is 1890. The van der Waals surface area contributed by atoms with E-state index in [1.54, 1.807) is 11.0 Å². The molecule has 4 aromatic rings. The van der Waals surface area contributed by atoms with E-state index in [1.807, 2.05) is 6.92 Å². The number of rotatable bonds is 7. The Morgan fingerprint density at radius 1 is 1.07 bits per heavy atom. The van der Waals surface area contributed by atoms with Crippen molar-refractivity contribution in [2.45, 2.75) is 44.8 Å². The van der Waals surface area contributed by atoms with E-state index in [0.29, 0.717) is 30.5 Å². The molecule has 0 amide bonds. The summed E-state index contributed by atoms with van der Waals surface area (Å²) in [5.41, 5.74) is -1.54. The standard InChI is InChI=1S/C27H29FN6O6/c1-2-14-22-19(25(38)32-27(40)34(22)13-6-7-13)21(20(28)23(14)33-9-8-12(10-33)17(36)11-35)29-15-4-3-5-16-18(15)24(37)31-26(39)30-16/h3-5,12-13,17,29,35-36H,2,6-11H2,1H3,(H,32,38,40)(H2,30,31,37,39). The molecular weight excluding hydrogens is 523 g/mol. The number of aliphatic hydroxyl groups is 2. The molecule has 2 aromatic carbocycles. The highest BCUT2D eigenvalue weighted by molar-refractivity contribution is 6.02. The normalized spacial score (nSPS) is 18.1. The number of aryl methyl sites for hydroxylation is 1. The third kappa shape index (κ3) is 4.12. The van der Waals surface area contributed by atoms with Crippen molar-refractivity contribution < 1.29 is 14.6 Å². The number of fused-ring (bicyclic) bond motifs is 2. The number of aliphatic hydroxyl groups excluding tert-OH is 2. The Morgan fingerprint density at radius 2 is 1.82 bits per heavy atom. The molecule has 40 heavy (non-hydrogen) atoms. The first kappa shape index (κ1) is 26.0. The number of aromatic amines is 3. The van der Waals surface area contributed by atoms with Crippen molar-refractivity contribution in [3.63, 3.8) is 0 Å². The summed E-state index contributed by atoms with van der Waals surface area (Å²) in [6.07, 6.45) is 1.34. The number of benzene rings is 2. The van der Waals surface area contributed by atoms with Gasteiger partial charge < -0.3 is 25.4 Å². The average molecular weight is 553 g/mol. The lowest BCUT2D eigenvalue weighted by atomic mass is 10.0. The molecule has 12 nitrogen and oxygen atoms in total. The van der Waals surface area contributed by atoms with E-state index in [0.717, 1.165) is 12.8 Å². The van der Waals surface area contributed by atoms with E-state index in [4.69, 9.17) is 0 Å². The van der Waals surface area contributed by atoms with Gasteiger partial charge in [0.2, 0.25) is 0 Å². The molecule has 2 aliphatic rings. The lowest BCUT2D eigenvalue weighted by molar-refractivity contribution is 0.0545. The summed E-state index contributed by atoms with van der Waals surface area (Å²) < 4.78 is 18.3. The van der Waals surface area contributed by atoms with Crippen LogP contribution in [0.4, 0.5) is 21.5 Å². The number of nitrogens with zero attached hydrogens (tertiary/aromatic N) is 2. The van der Waals surface area contributed by atoms with Crippen molar-refractivity contribution >= 4 is 38.9 Å². The van der Waals surface area contributed by atoms with E-state index in [-0.39, 0.29) is 51.9 Å². The van der Waals surface area contributed by atoms with E-state index in [2.05, 4.69) is 20.3 Å². The van der Waals surface area contributed by atoms with Gasteiger partial charge in [-0.15, -0.1) is 0 Å². The molecule has 1 aliphatic heterocycles. The number of halogens is 1. The van der Waals surface area contributed by atoms with Gasteiger partial charge in [-0.2, -0.15) is 0 Å². The number of H-pyrrole nitrogens is 3. The highest BCUT2D eigenvalue weighted by Gasteiger charge is 2.35. The first-order valence-corrected chi connectivity index (χ1v) is 13.3. The number of aromatic nitrogens is 4. The minimum atomic E-state index is -0.965. The molecule has 6 rings (SSSR count). The number of nitrogens with one attached hydrogen (secondary N) is 4. The maximum atomic E-state index is 16.8. The lowest BCUT2D eigenvalue weighted by Gasteiger charge is -2.27. The summed E-state index contributed by atoms with van der Waals surface area (Å²) in [7, 11) is 0. The first-order chi connectivity index (χ1) is 19.2. The summed E-state index contributed by atoms with van der Waals surface area (Å²) in [4.78, 5) is 59.8. The fourth-order valence-corrected chi connectivity index (χ4v) is 5.93. The SMILES string of the molecule is CCc1c(N2CCC(C(O)CO)C2)c(F)c(Nc2cccc3[nH]c(=O)[nH]c(=O)c23)c2c(=O)[nH]c(=O)n(C3CC3)c12. The predicted octanol–water partition coefficient (Wildman–Crippen LogP) is 1.18. The highest BCUT2D eigenvalue weighted by Crippen LogP contribution is 2.44. The Kier molecular flexibility index (Phi) is 6.34. The molecule has 1 saturated heterocycles. The molecule has 3 heterocycles. The Morgan fingerprint density at radius 3 is 2.52 bits per heavy atom. The van der Waals surface area contributed by atoms with Crippen molar-refractivity contribution in [2.24, 2.45) is 5.92 Å². The second-order valence-electron chi connectivity index (χ2n) is 10.5. The van der Waals surface area contributed by atoms with Gasteiger partial charge in [0.1, 0.15) is 0 Å². The molecule has 2 fully saturated rings. The summed E-state index contributed by atoms with van der Waals surface area (Å²) in [6, 6.07) is 4.50. The van der Waals surface area contributed by atoms with Crippen LogP contribution in [0.5, 0.6) is 0 Å². The van der Waals surface area contributed by atoms with Crippen LogP contribution in [0.3, 0.4) is 0 Å². The van der Waals surface area contributed by atoms with Crippen LogP contribution in [0.1, 0.15) is 37.8 Å². The lowest BCUT2D eigenvalue weighted by Crippen LogP contribution is -2.33. The van der Waals surface area contributed by atoms with Crippen LogP contribution in [0.25, 0.3) is 21.8 Å². The van der Waals surface area contributed by atoms with E-state index < -0.39 is 41.0 Å². The van der Waals surface area contributed by atoms with E-state index in [9.17, 15) is 29.4 Å². The molecular formula is C27H29FN6O6. The van der Waals surface area contributed by atoms with Crippen molar-refractivity contribution in [2.75, 3.05) is 29.9 Å². The first-order valence-electron chi connectivity index (χ1n) is 13.3. The van der Waals surface area contributed by atoms with Gasteiger partial charge in [-0.25, -0.2) is 14.0 Å². The van der Waals surface area contributed by atoms with E-state index >= 15 is 4.39 Å². The molecule has 0 radical (unpaired) electrons. The van der Waals surface area contributed by atoms with Crippen LogP contribution in [-0.2, 0) is 6.42 Å². The minimum Gasteiger partial charge on any atom is -0.394 e. The van der Waals surface area contributed by atoms with Crippen LogP contribution in [0.2, 0.25) is 0 Å². The third-order valence-electron chi connectivity index (χ3n) is 7.96. The summed E-state index contributed by atoms with van der Waals surface area (Å²) in [5.74, 6) is -1.03. The molecule has 2 atom stereocenters. The van der Waals surface area contributed by atoms with Gasteiger partial charge >= 0.3 is 11.4 Å². The van der Waals surface area contributed by atoms with Crippen LogP contribution in [-0.4, -0.2) is 55.5 Å². The predicted molar refractivity (Wildman–Crippen MR) is 148 cm³/mol. The van der Waals surface area contributed by atoms with Crippen molar-refractivity contribution in [3.8, 4) is 0 Å². The minimum absolute atomic E-state index is 0.0476. The fraction of sp³-hybridized carbons (Fsp3) is 0.407. The van der Waals surface area contributed by atoms with Crippen molar-refractivity contribution in [3.05, 3.63) is 71.3 Å². The Labute approximate surface area is 225 Å². The smallest absolute Gasteiger partial charge is 0.329 e. The number of anilines is 3. The zero-order chi connectivity index (χ0) is 28.3. The molecule has 6 N–H and O–H groups in total. The van der Waals surface area contributed by atoms with Gasteiger partial charge in [0.15, 0.2) is 5.82 Å². The van der Waals surface area contributed by atoms with Crippen molar-refractivity contribution in [1.29, 1.82) is 0 Å². The molecule has 13 heteroatoms. The van der Waals surface area contributed by atoms with Crippen LogP contribution < -0.4 is 32.7 Å². The molecule has 2 unspecified atom stereocenters. The zero-order valence-corrected chi connectivity index (χ0v) is 21.7.